The minimum Gasteiger partial charge on any atom is -0.326 e. The molecule has 30 heavy (non-hydrogen) atoms. The standard InChI is InChI=1S/C25H29FN2OS/c1-16-3-2-4-18(13-16)28-23(29)21-15-24(21)8-10-25(30,11-9-24)20-7-12-27-22-6-5-17(26)14-19(20)22/h4,7,12-14,21,30H,2-3,5-6,8-11,15H2,1H3,(H,28,29)/t21-,24?,25?/m1/s1. The van der Waals surface area contributed by atoms with E-state index in [0.717, 1.165) is 67.5 Å². The number of fused-ring (bicyclic) bond motifs is 1. The van der Waals surface area contributed by atoms with Gasteiger partial charge in [-0.15, -0.1) is 0 Å². The van der Waals surface area contributed by atoms with E-state index < -0.39 is 0 Å². The van der Waals surface area contributed by atoms with Gasteiger partial charge in [-0.05, 0) is 87.5 Å². The first-order valence-electron chi connectivity index (χ1n) is 11.1. The quantitative estimate of drug-likeness (QED) is 0.604. The Labute approximate surface area is 183 Å². The van der Waals surface area contributed by atoms with Gasteiger partial charge in [0.25, 0.3) is 0 Å². The third-order valence-corrected chi connectivity index (χ3v) is 8.32. The summed E-state index contributed by atoms with van der Waals surface area (Å²) < 4.78 is 13.7. The molecule has 0 aliphatic heterocycles. The molecule has 2 fully saturated rings. The van der Waals surface area contributed by atoms with Crippen LogP contribution in [0.25, 0.3) is 6.08 Å². The molecule has 158 valence electrons. The molecule has 0 unspecified atom stereocenters. The van der Waals surface area contributed by atoms with Crippen LogP contribution in [0.4, 0.5) is 4.39 Å². The van der Waals surface area contributed by atoms with Crippen LogP contribution in [0.5, 0.6) is 0 Å². The van der Waals surface area contributed by atoms with Crippen molar-refractivity contribution in [3.8, 4) is 0 Å². The average molecular weight is 425 g/mol. The van der Waals surface area contributed by atoms with E-state index in [9.17, 15) is 9.18 Å². The van der Waals surface area contributed by atoms with Crippen molar-refractivity contribution in [2.24, 2.45) is 11.3 Å². The van der Waals surface area contributed by atoms with Crippen LogP contribution in [0, 0.1) is 11.3 Å². The molecule has 3 nitrogen and oxygen atoms in total. The summed E-state index contributed by atoms with van der Waals surface area (Å²) in [5.41, 5.74) is 5.43. The predicted octanol–water partition coefficient (Wildman–Crippen LogP) is 5.78. The van der Waals surface area contributed by atoms with Crippen LogP contribution < -0.4 is 5.32 Å². The minimum atomic E-state index is -0.276. The summed E-state index contributed by atoms with van der Waals surface area (Å²) >= 11 is 5.11. The van der Waals surface area contributed by atoms with Crippen molar-refractivity contribution in [3.63, 3.8) is 0 Å². The molecule has 0 aromatic carbocycles. The van der Waals surface area contributed by atoms with Gasteiger partial charge in [0.15, 0.2) is 0 Å². The van der Waals surface area contributed by atoms with Gasteiger partial charge in [0.05, 0.1) is 0 Å². The van der Waals surface area contributed by atoms with Crippen molar-refractivity contribution in [2.75, 3.05) is 0 Å². The molecular weight excluding hydrogens is 395 g/mol. The molecule has 1 heterocycles. The summed E-state index contributed by atoms with van der Waals surface area (Å²) in [6.07, 6.45) is 15.7. The second-order valence-corrected chi connectivity index (χ2v) is 10.5. The molecule has 5 heteroatoms. The Kier molecular flexibility index (Phi) is 4.92. The molecule has 4 aliphatic rings. The fraction of sp³-hybridized carbons (Fsp3) is 0.520. The number of thiol groups is 1. The monoisotopic (exact) mass is 424 g/mol. The van der Waals surface area contributed by atoms with Gasteiger partial charge in [0.2, 0.25) is 5.91 Å². The summed E-state index contributed by atoms with van der Waals surface area (Å²) in [7, 11) is 0. The SMILES string of the molecule is CC1=CC(NC(=O)[C@H]2CC23CCC(S)(c2ccnc4c2C=C(F)CC4)CC3)=CCC1. The fourth-order valence-electron chi connectivity index (χ4n) is 5.62. The third kappa shape index (κ3) is 3.55. The van der Waals surface area contributed by atoms with E-state index in [2.05, 4.69) is 29.4 Å². The number of hydrogen-bond acceptors (Lipinski definition) is 3. The Balaban J connectivity index is 1.28. The van der Waals surface area contributed by atoms with Gasteiger partial charge >= 0.3 is 0 Å². The van der Waals surface area contributed by atoms with E-state index in [-0.39, 0.29) is 27.8 Å². The number of carbonyl (C=O) groups is 1. The van der Waals surface area contributed by atoms with E-state index in [1.54, 1.807) is 6.08 Å². The van der Waals surface area contributed by atoms with Crippen LogP contribution in [0.2, 0.25) is 0 Å². The molecule has 1 aromatic heterocycles. The number of rotatable bonds is 3. The molecular formula is C25H29FN2OS. The Hall–Kier alpha value is -1.88. The van der Waals surface area contributed by atoms with E-state index >= 15 is 0 Å². The smallest absolute Gasteiger partial charge is 0.228 e. The summed E-state index contributed by atoms with van der Waals surface area (Å²) in [4.78, 5) is 17.3. The summed E-state index contributed by atoms with van der Waals surface area (Å²) in [5, 5.41) is 3.15. The second-order valence-electron chi connectivity index (χ2n) is 9.64. The first-order chi connectivity index (χ1) is 14.4. The van der Waals surface area contributed by atoms with Crippen LogP contribution in [-0.2, 0) is 16.0 Å². The Morgan fingerprint density at radius 3 is 2.77 bits per heavy atom. The van der Waals surface area contributed by atoms with Crippen molar-refractivity contribution in [1.29, 1.82) is 0 Å². The molecule has 1 amide bonds. The highest BCUT2D eigenvalue weighted by molar-refractivity contribution is 7.81. The zero-order chi connectivity index (χ0) is 20.9. The van der Waals surface area contributed by atoms with Crippen molar-refractivity contribution < 1.29 is 9.18 Å². The van der Waals surface area contributed by atoms with Gasteiger partial charge in [-0.3, -0.25) is 9.78 Å². The number of nitrogens with one attached hydrogen (secondary N) is 1. The molecule has 0 bridgehead atoms. The number of pyridine rings is 1. The van der Waals surface area contributed by atoms with Gasteiger partial charge in [-0.25, -0.2) is 4.39 Å². The highest BCUT2D eigenvalue weighted by Gasteiger charge is 2.60. The number of nitrogens with zero attached hydrogens (tertiary/aromatic N) is 1. The van der Waals surface area contributed by atoms with E-state index in [4.69, 9.17) is 12.6 Å². The number of aryl methyl sites for hydroxylation is 1. The number of halogens is 1. The lowest BCUT2D eigenvalue weighted by Gasteiger charge is -2.39. The third-order valence-electron chi connectivity index (χ3n) is 7.63. The van der Waals surface area contributed by atoms with E-state index in [0.29, 0.717) is 12.8 Å². The topological polar surface area (TPSA) is 42.0 Å². The van der Waals surface area contributed by atoms with Crippen molar-refractivity contribution >= 4 is 24.6 Å². The van der Waals surface area contributed by atoms with Crippen LogP contribution >= 0.6 is 12.6 Å². The van der Waals surface area contributed by atoms with Gasteiger partial charge in [-0.1, -0.05) is 11.6 Å². The summed E-state index contributed by atoms with van der Waals surface area (Å²) in [6, 6.07) is 2.01. The number of hydrogen-bond donors (Lipinski definition) is 2. The largest absolute Gasteiger partial charge is 0.326 e. The highest BCUT2D eigenvalue weighted by atomic mass is 32.1. The number of aromatic nitrogens is 1. The predicted molar refractivity (Wildman–Crippen MR) is 121 cm³/mol. The number of carbonyl (C=O) groups excluding carboxylic acids is 1. The maximum absolute atomic E-state index is 14.0. The number of allylic oxidation sites excluding steroid dienone is 4. The zero-order valence-electron chi connectivity index (χ0n) is 17.5. The summed E-state index contributed by atoms with van der Waals surface area (Å²) in [6.45, 7) is 2.12. The summed E-state index contributed by atoms with van der Waals surface area (Å²) in [5.74, 6) is 0.210. The van der Waals surface area contributed by atoms with Gasteiger partial charge in [0, 0.05) is 40.2 Å². The molecule has 1 atom stereocenters. The van der Waals surface area contributed by atoms with E-state index in [1.165, 1.54) is 5.57 Å². The maximum atomic E-state index is 14.0. The highest BCUT2D eigenvalue weighted by Crippen LogP contribution is 2.65. The van der Waals surface area contributed by atoms with Crippen LogP contribution in [-0.4, -0.2) is 10.9 Å². The lowest BCUT2D eigenvalue weighted by Crippen LogP contribution is -2.32. The first-order valence-corrected chi connectivity index (χ1v) is 11.6. The molecule has 1 N–H and O–H groups in total. The molecule has 2 saturated carbocycles. The lowest BCUT2D eigenvalue weighted by molar-refractivity contribution is -0.122. The normalized spacial score (nSPS) is 32.6. The number of amides is 1. The Bertz CT molecular complexity index is 985. The van der Waals surface area contributed by atoms with Gasteiger partial charge < -0.3 is 5.32 Å². The van der Waals surface area contributed by atoms with Crippen LogP contribution in [0.15, 0.2) is 41.5 Å². The molecule has 1 spiro atoms. The van der Waals surface area contributed by atoms with Crippen LogP contribution in [0.1, 0.15) is 75.1 Å². The Morgan fingerprint density at radius 1 is 1.20 bits per heavy atom. The molecule has 1 aromatic rings. The van der Waals surface area contributed by atoms with Gasteiger partial charge in [-0.2, -0.15) is 12.6 Å². The Morgan fingerprint density at radius 2 is 2.00 bits per heavy atom. The molecule has 5 rings (SSSR count). The molecule has 4 aliphatic carbocycles. The maximum Gasteiger partial charge on any atom is 0.228 e. The molecule has 0 saturated heterocycles. The molecule has 0 radical (unpaired) electrons. The van der Waals surface area contributed by atoms with E-state index in [1.807, 2.05) is 12.3 Å². The van der Waals surface area contributed by atoms with Gasteiger partial charge in [0.1, 0.15) is 5.83 Å². The van der Waals surface area contributed by atoms with Crippen molar-refractivity contribution in [1.82, 2.24) is 10.3 Å². The fourth-order valence-corrected chi connectivity index (χ4v) is 6.04. The lowest BCUT2D eigenvalue weighted by atomic mass is 9.73. The zero-order valence-corrected chi connectivity index (χ0v) is 18.4. The average Bonchev–Trinajstić information content (AvgIpc) is 3.44. The van der Waals surface area contributed by atoms with Crippen LogP contribution in [0.3, 0.4) is 0 Å². The second kappa shape index (κ2) is 7.37. The van der Waals surface area contributed by atoms with Crippen molar-refractivity contribution in [3.05, 3.63) is 58.3 Å². The first kappa shape index (κ1) is 20.0. The minimum absolute atomic E-state index is 0.0683. The van der Waals surface area contributed by atoms with Crippen molar-refractivity contribution in [2.45, 2.75) is 69.5 Å².